The summed E-state index contributed by atoms with van der Waals surface area (Å²) in [4.78, 5) is 15.8. The summed E-state index contributed by atoms with van der Waals surface area (Å²) in [6.45, 7) is -1.09. The number of alkyl halides is 3. The molecule has 0 aliphatic carbocycles. The number of halogens is 3. The lowest BCUT2D eigenvalue weighted by molar-refractivity contribution is -0.139. The molecule has 0 radical (unpaired) electrons. The number of benzene rings is 1. The van der Waals surface area contributed by atoms with Crippen LogP contribution in [0, 0.1) is 0 Å². The first kappa shape index (κ1) is 19.1. The summed E-state index contributed by atoms with van der Waals surface area (Å²) < 4.78 is 45.0. The first-order valence-electron chi connectivity index (χ1n) is 9.41. The van der Waals surface area contributed by atoms with Crippen molar-refractivity contribution in [3.8, 4) is 28.1 Å². The van der Waals surface area contributed by atoms with Crippen molar-refractivity contribution >= 4 is 22.1 Å². The number of hydrogen-bond acceptors (Lipinski definition) is 4. The van der Waals surface area contributed by atoms with Gasteiger partial charge in [-0.3, -0.25) is 0 Å². The van der Waals surface area contributed by atoms with E-state index in [9.17, 15) is 13.2 Å². The lowest BCUT2D eigenvalue weighted by atomic mass is 10.0. The summed E-state index contributed by atoms with van der Waals surface area (Å²) in [6, 6.07) is 11.0. The second kappa shape index (κ2) is 7.12. The molecule has 5 aromatic rings. The number of nitrogens with one attached hydrogen (secondary N) is 1. The van der Waals surface area contributed by atoms with Gasteiger partial charge in [-0.25, -0.2) is 15.0 Å². The largest absolute Gasteiger partial charge is 0.481 e. The Bertz CT molecular complexity index is 1400. The molecule has 9 heteroatoms. The van der Waals surface area contributed by atoms with Gasteiger partial charge in [0, 0.05) is 41.2 Å². The van der Waals surface area contributed by atoms with Crippen molar-refractivity contribution in [2.75, 3.05) is 7.11 Å². The Balaban J connectivity index is 1.61. The Kier molecular flexibility index (Phi) is 4.39. The van der Waals surface area contributed by atoms with Gasteiger partial charge in [-0.15, -0.1) is 0 Å². The fraction of sp³-hybridized carbons (Fsp3) is 0.136. The molecular weight excluding hydrogens is 407 g/mol. The molecule has 0 saturated heterocycles. The van der Waals surface area contributed by atoms with Crippen LogP contribution < -0.4 is 4.74 Å². The third-order valence-corrected chi connectivity index (χ3v) is 5.09. The summed E-state index contributed by atoms with van der Waals surface area (Å²) >= 11 is 0. The van der Waals surface area contributed by atoms with E-state index in [1.807, 2.05) is 24.3 Å². The minimum Gasteiger partial charge on any atom is -0.481 e. The molecule has 156 valence electrons. The predicted octanol–water partition coefficient (Wildman–Crippen LogP) is 5.21. The smallest absolute Gasteiger partial charge is 0.406 e. The van der Waals surface area contributed by atoms with E-state index in [0.717, 1.165) is 32.2 Å². The van der Waals surface area contributed by atoms with Crippen LogP contribution in [-0.2, 0) is 6.54 Å². The van der Waals surface area contributed by atoms with Crippen LogP contribution >= 0.6 is 0 Å². The topological polar surface area (TPSA) is 68.6 Å². The van der Waals surface area contributed by atoms with Crippen molar-refractivity contribution in [1.29, 1.82) is 0 Å². The summed E-state index contributed by atoms with van der Waals surface area (Å²) in [7, 11) is 1.55. The summed E-state index contributed by atoms with van der Waals surface area (Å²) in [5, 5.41) is 0.856. The number of imidazole rings is 1. The maximum atomic E-state index is 12.9. The van der Waals surface area contributed by atoms with E-state index in [2.05, 4.69) is 19.9 Å². The lowest BCUT2D eigenvalue weighted by Gasteiger charge is -2.09. The molecule has 0 amide bonds. The number of H-pyrrole nitrogens is 1. The number of aromatic nitrogens is 5. The molecule has 0 unspecified atom stereocenters. The van der Waals surface area contributed by atoms with Crippen LogP contribution in [0.15, 0.2) is 61.3 Å². The van der Waals surface area contributed by atoms with E-state index < -0.39 is 12.7 Å². The van der Waals surface area contributed by atoms with Crippen molar-refractivity contribution in [3.05, 3.63) is 61.3 Å². The zero-order valence-electron chi connectivity index (χ0n) is 16.3. The molecule has 0 atom stereocenters. The van der Waals surface area contributed by atoms with Crippen molar-refractivity contribution in [3.63, 3.8) is 0 Å². The van der Waals surface area contributed by atoms with Gasteiger partial charge in [-0.2, -0.15) is 13.2 Å². The van der Waals surface area contributed by atoms with Gasteiger partial charge in [0.05, 0.1) is 24.5 Å². The van der Waals surface area contributed by atoms with Crippen molar-refractivity contribution in [2.24, 2.45) is 0 Å². The SMILES string of the molecule is COc1cc(-c2cnc3[nH]cc(-c4ccc5ncn(CC(F)(F)F)c5c4)c3c2)ccn1. The Hall–Kier alpha value is -3.88. The first-order valence-corrected chi connectivity index (χ1v) is 9.41. The highest BCUT2D eigenvalue weighted by molar-refractivity contribution is 5.97. The van der Waals surface area contributed by atoms with Crippen LogP contribution in [0.1, 0.15) is 0 Å². The number of ether oxygens (including phenoxy) is 1. The molecule has 5 rings (SSSR count). The lowest BCUT2D eigenvalue weighted by Crippen LogP contribution is -2.16. The average molecular weight is 423 g/mol. The Morgan fingerprint density at radius 3 is 2.68 bits per heavy atom. The van der Waals surface area contributed by atoms with E-state index >= 15 is 0 Å². The van der Waals surface area contributed by atoms with Gasteiger partial charge in [-0.05, 0) is 35.4 Å². The van der Waals surface area contributed by atoms with Gasteiger partial charge in [0.25, 0.3) is 0 Å². The number of hydrogen-bond donors (Lipinski definition) is 1. The first-order chi connectivity index (χ1) is 14.9. The van der Waals surface area contributed by atoms with Crippen LogP contribution in [0.25, 0.3) is 44.3 Å². The van der Waals surface area contributed by atoms with Crippen LogP contribution in [0.3, 0.4) is 0 Å². The fourth-order valence-electron chi connectivity index (χ4n) is 3.64. The number of pyridine rings is 2. The molecular formula is C22H16F3N5O. The Labute approximate surface area is 174 Å². The number of methoxy groups -OCH3 is 1. The summed E-state index contributed by atoms with van der Waals surface area (Å²) in [5.41, 5.74) is 5.00. The second-order valence-electron chi connectivity index (χ2n) is 7.10. The monoisotopic (exact) mass is 423 g/mol. The highest BCUT2D eigenvalue weighted by Gasteiger charge is 2.28. The molecule has 31 heavy (non-hydrogen) atoms. The highest BCUT2D eigenvalue weighted by Crippen LogP contribution is 2.33. The van der Waals surface area contributed by atoms with Gasteiger partial charge in [0.15, 0.2) is 0 Å². The van der Waals surface area contributed by atoms with E-state index in [4.69, 9.17) is 4.74 Å². The number of nitrogens with zero attached hydrogens (tertiary/aromatic N) is 4. The van der Waals surface area contributed by atoms with E-state index in [-0.39, 0.29) is 0 Å². The molecule has 1 N–H and O–H groups in total. The molecule has 6 nitrogen and oxygen atoms in total. The molecule has 4 aromatic heterocycles. The zero-order chi connectivity index (χ0) is 21.6. The number of rotatable bonds is 4. The standard InChI is InChI=1S/C22H16F3N5O/c1-31-20-8-13(4-5-26-20)15-6-16-17(10-28-21(16)27-9-15)14-2-3-18-19(7-14)30(12-29-18)11-22(23,24)25/h2-10,12H,11H2,1H3,(H,27,28). The number of aromatic amines is 1. The maximum Gasteiger partial charge on any atom is 0.406 e. The summed E-state index contributed by atoms with van der Waals surface area (Å²) in [5.74, 6) is 0.496. The average Bonchev–Trinajstić information content (AvgIpc) is 3.36. The van der Waals surface area contributed by atoms with E-state index in [1.165, 1.54) is 6.33 Å². The molecule has 0 saturated carbocycles. The molecule has 0 fully saturated rings. The Morgan fingerprint density at radius 1 is 1.00 bits per heavy atom. The minimum atomic E-state index is -4.32. The minimum absolute atomic E-state index is 0.423. The maximum absolute atomic E-state index is 12.9. The van der Waals surface area contributed by atoms with E-state index in [1.54, 1.807) is 37.8 Å². The molecule has 4 heterocycles. The normalized spacial score (nSPS) is 12.0. The molecule has 0 bridgehead atoms. The fourth-order valence-corrected chi connectivity index (χ4v) is 3.64. The van der Waals surface area contributed by atoms with Crippen LogP contribution in [-0.4, -0.2) is 37.8 Å². The molecule has 0 spiro atoms. The third-order valence-electron chi connectivity index (χ3n) is 5.09. The van der Waals surface area contributed by atoms with Crippen molar-refractivity contribution in [2.45, 2.75) is 12.7 Å². The molecule has 0 aliphatic heterocycles. The zero-order valence-corrected chi connectivity index (χ0v) is 16.3. The van der Waals surface area contributed by atoms with Gasteiger partial charge >= 0.3 is 6.18 Å². The van der Waals surface area contributed by atoms with Gasteiger partial charge in [0.1, 0.15) is 12.2 Å². The van der Waals surface area contributed by atoms with Crippen LogP contribution in [0.2, 0.25) is 0 Å². The Morgan fingerprint density at radius 2 is 1.87 bits per heavy atom. The number of fused-ring (bicyclic) bond motifs is 2. The quantitative estimate of drug-likeness (QED) is 0.431. The third kappa shape index (κ3) is 3.58. The van der Waals surface area contributed by atoms with Crippen LogP contribution in [0.4, 0.5) is 13.2 Å². The van der Waals surface area contributed by atoms with Crippen molar-refractivity contribution in [1.82, 2.24) is 24.5 Å². The van der Waals surface area contributed by atoms with E-state index in [0.29, 0.717) is 22.6 Å². The van der Waals surface area contributed by atoms with Crippen molar-refractivity contribution < 1.29 is 17.9 Å². The van der Waals surface area contributed by atoms with Gasteiger partial charge in [0.2, 0.25) is 5.88 Å². The highest BCUT2D eigenvalue weighted by atomic mass is 19.4. The molecule has 1 aromatic carbocycles. The molecule has 0 aliphatic rings. The second-order valence-corrected chi connectivity index (χ2v) is 7.10. The van der Waals surface area contributed by atoms with Crippen LogP contribution in [0.5, 0.6) is 5.88 Å². The predicted molar refractivity (Wildman–Crippen MR) is 111 cm³/mol. The van der Waals surface area contributed by atoms with Gasteiger partial charge < -0.3 is 14.3 Å². The van der Waals surface area contributed by atoms with Gasteiger partial charge in [-0.1, -0.05) is 6.07 Å². The summed E-state index contributed by atoms with van der Waals surface area (Å²) in [6.07, 6.45) is 2.10.